The van der Waals surface area contributed by atoms with Crippen molar-refractivity contribution in [3.63, 3.8) is 0 Å². The molecule has 0 N–H and O–H groups in total. The van der Waals surface area contributed by atoms with Gasteiger partial charge in [0, 0.05) is 11.3 Å². The summed E-state index contributed by atoms with van der Waals surface area (Å²) in [5, 5.41) is 0. The predicted octanol–water partition coefficient (Wildman–Crippen LogP) is 3.87. The van der Waals surface area contributed by atoms with Crippen molar-refractivity contribution >= 4 is 6.29 Å². The second-order valence-electron chi connectivity index (χ2n) is 4.50. The first-order chi connectivity index (χ1) is 9.13. The van der Waals surface area contributed by atoms with E-state index in [9.17, 15) is 4.79 Å². The monoisotopic (exact) mass is 255 g/mol. The average molecular weight is 255 g/mol. The minimum atomic E-state index is 0.610. The summed E-state index contributed by atoms with van der Waals surface area (Å²) in [6.07, 6.45) is 1.63. The lowest BCUT2D eigenvalue weighted by molar-refractivity contribution is 0.112. The summed E-state index contributed by atoms with van der Waals surface area (Å²) < 4.78 is 5.91. The largest absolute Gasteiger partial charge is 0.455 e. The lowest BCUT2D eigenvalue weighted by Crippen LogP contribution is -1.97. The summed E-state index contributed by atoms with van der Waals surface area (Å²) >= 11 is 0. The Balaban J connectivity index is 2.38. The Bertz CT molecular complexity index is 606. The predicted molar refractivity (Wildman–Crippen MR) is 75.0 cm³/mol. The molecule has 0 amide bonds. The van der Waals surface area contributed by atoms with Crippen molar-refractivity contribution in [3.05, 3.63) is 52.8 Å². The fourth-order valence-corrected chi connectivity index (χ4v) is 1.86. The molecule has 0 fully saturated rings. The third kappa shape index (κ3) is 2.99. The Hall–Kier alpha value is -2.16. The topological polar surface area (TPSA) is 39.2 Å². The van der Waals surface area contributed by atoms with Gasteiger partial charge in [0.1, 0.15) is 17.8 Å². The summed E-state index contributed by atoms with van der Waals surface area (Å²) in [6.45, 7) is 5.96. The Morgan fingerprint density at radius 3 is 2.63 bits per heavy atom. The van der Waals surface area contributed by atoms with Crippen LogP contribution in [0.2, 0.25) is 0 Å². The Morgan fingerprint density at radius 2 is 1.95 bits per heavy atom. The number of aldehydes is 1. The van der Waals surface area contributed by atoms with E-state index in [-0.39, 0.29) is 0 Å². The minimum absolute atomic E-state index is 0.610. The molecule has 1 aromatic carbocycles. The van der Waals surface area contributed by atoms with E-state index in [1.54, 1.807) is 12.1 Å². The number of benzene rings is 1. The molecule has 0 atom stereocenters. The van der Waals surface area contributed by atoms with Gasteiger partial charge in [-0.3, -0.25) is 9.78 Å². The molecule has 0 aliphatic heterocycles. The highest BCUT2D eigenvalue weighted by molar-refractivity contribution is 5.76. The number of aromatic nitrogens is 1. The maximum absolute atomic E-state index is 10.8. The molecule has 98 valence electrons. The van der Waals surface area contributed by atoms with Crippen LogP contribution in [0.1, 0.15) is 34.2 Å². The fourth-order valence-electron chi connectivity index (χ4n) is 1.86. The Labute approximate surface area is 113 Å². The first-order valence-electron chi connectivity index (χ1n) is 6.34. The lowest BCUT2D eigenvalue weighted by atomic mass is 10.1. The highest BCUT2D eigenvalue weighted by Gasteiger charge is 2.08. The van der Waals surface area contributed by atoms with Gasteiger partial charge >= 0.3 is 0 Å². The molecule has 3 nitrogen and oxygen atoms in total. The third-order valence-electron chi connectivity index (χ3n) is 2.97. The van der Waals surface area contributed by atoms with Crippen LogP contribution in [0, 0.1) is 13.8 Å². The first kappa shape index (κ1) is 13.3. The van der Waals surface area contributed by atoms with E-state index < -0.39 is 0 Å². The van der Waals surface area contributed by atoms with E-state index >= 15 is 0 Å². The van der Waals surface area contributed by atoms with Crippen LogP contribution in [0.3, 0.4) is 0 Å². The molecule has 0 radical (unpaired) electrons. The molecule has 0 saturated carbocycles. The lowest BCUT2D eigenvalue weighted by Gasteiger charge is -2.12. The summed E-state index contributed by atoms with van der Waals surface area (Å²) in [5.41, 5.74) is 3.51. The molecule has 0 aliphatic carbocycles. The fraction of sp³-hybridized carbons (Fsp3) is 0.250. The molecule has 2 aromatic rings. The van der Waals surface area contributed by atoms with Crippen LogP contribution in [0.4, 0.5) is 0 Å². The van der Waals surface area contributed by atoms with E-state index in [0.29, 0.717) is 11.3 Å². The van der Waals surface area contributed by atoms with Crippen molar-refractivity contribution < 1.29 is 9.53 Å². The van der Waals surface area contributed by atoms with Crippen molar-refractivity contribution in [1.82, 2.24) is 4.98 Å². The third-order valence-corrected chi connectivity index (χ3v) is 2.97. The second kappa shape index (κ2) is 5.65. The van der Waals surface area contributed by atoms with E-state index in [2.05, 4.69) is 4.98 Å². The molecule has 2 rings (SSSR count). The van der Waals surface area contributed by atoms with E-state index in [0.717, 1.165) is 35.4 Å². The highest BCUT2D eigenvalue weighted by atomic mass is 16.5. The molecule has 0 spiro atoms. The molecular formula is C16H17NO2. The maximum atomic E-state index is 10.8. The number of rotatable bonds is 4. The standard InChI is InChI=1S/C16H17NO2/c1-4-14-15(8-6-12(3)17-14)19-16-9-13(10-18)7-5-11(16)2/h5-10H,4H2,1-3H3. The van der Waals surface area contributed by atoms with Crippen molar-refractivity contribution in [2.24, 2.45) is 0 Å². The van der Waals surface area contributed by atoms with Gasteiger partial charge in [-0.25, -0.2) is 0 Å². The Morgan fingerprint density at radius 1 is 1.16 bits per heavy atom. The van der Waals surface area contributed by atoms with Crippen LogP contribution < -0.4 is 4.74 Å². The van der Waals surface area contributed by atoms with Crippen molar-refractivity contribution in [1.29, 1.82) is 0 Å². The van der Waals surface area contributed by atoms with Gasteiger partial charge < -0.3 is 4.74 Å². The zero-order valence-electron chi connectivity index (χ0n) is 11.4. The Kier molecular flexibility index (Phi) is 3.95. The van der Waals surface area contributed by atoms with Gasteiger partial charge in [0.15, 0.2) is 0 Å². The van der Waals surface area contributed by atoms with Crippen LogP contribution >= 0.6 is 0 Å². The zero-order valence-corrected chi connectivity index (χ0v) is 11.4. The minimum Gasteiger partial charge on any atom is -0.455 e. The van der Waals surface area contributed by atoms with Crippen LogP contribution in [0.5, 0.6) is 11.5 Å². The number of hydrogen-bond acceptors (Lipinski definition) is 3. The van der Waals surface area contributed by atoms with Crippen molar-refractivity contribution in [3.8, 4) is 11.5 Å². The maximum Gasteiger partial charge on any atom is 0.150 e. The van der Waals surface area contributed by atoms with Gasteiger partial charge in [-0.1, -0.05) is 19.1 Å². The number of carbonyl (C=O) groups excluding carboxylic acids is 1. The van der Waals surface area contributed by atoms with Crippen LogP contribution in [-0.2, 0) is 6.42 Å². The van der Waals surface area contributed by atoms with Gasteiger partial charge in [-0.2, -0.15) is 0 Å². The van der Waals surface area contributed by atoms with Crippen molar-refractivity contribution in [2.75, 3.05) is 0 Å². The van der Waals surface area contributed by atoms with Gasteiger partial charge in [0.2, 0.25) is 0 Å². The zero-order chi connectivity index (χ0) is 13.8. The molecule has 0 bridgehead atoms. The molecule has 3 heteroatoms. The number of nitrogens with zero attached hydrogens (tertiary/aromatic N) is 1. The average Bonchev–Trinajstić information content (AvgIpc) is 2.43. The molecule has 1 heterocycles. The number of hydrogen-bond donors (Lipinski definition) is 0. The molecule has 0 aliphatic rings. The van der Waals surface area contributed by atoms with Gasteiger partial charge in [0.05, 0.1) is 5.69 Å². The quantitative estimate of drug-likeness (QED) is 0.778. The normalized spacial score (nSPS) is 10.3. The number of carbonyl (C=O) groups is 1. The summed E-state index contributed by atoms with van der Waals surface area (Å²) in [6, 6.07) is 9.26. The number of ether oxygens (including phenoxy) is 1. The second-order valence-corrected chi connectivity index (χ2v) is 4.50. The first-order valence-corrected chi connectivity index (χ1v) is 6.34. The van der Waals surface area contributed by atoms with Gasteiger partial charge in [-0.15, -0.1) is 0 Å². The van der Waals surface area contributed by atoms with Crippen LogP contribution in [0.15, 0.2) is 30.3 Å². The molecular weight excluding hydrogens is 238 g/mol. The van der Waals surface area contributed by atoms with Gasteiger partial charge in [-0.05, 0) is 44.0 Å². The molecule has 19 heavy (non-hydrogen) atoms. The molecule has 0 unspecified atom stereocenters. The number of pyridine rings is 1. The van der Waals surface area contributed by atoms with E-state index in [1.165, 1.54) is 0 Å². The molecule has 0 saturated heterocycles. The van der Waals surface area contributed by atoms with Gasteiger partial charge in [0.25, 0.3) is 0 Å². The van der Waals surface area contributed by atoms with Crippen LogP contribution in [0.25, 0.3) is 0 Å². The SMILES string of the molecule is CCc1nc(C)ccc1Oc1cc(C=O)ccc1C. The molecule has 1 aromatic heterocycles. The summed E-state index contributed by atoms with van der Waals surface area (Å²) in [4.78, 5) is 15.3. The highest BCUT2D eigenvalue weighted by Crippen LogP contribution is 2.28. The summed E-state index contributed by atoms with van der Waals surface area (Å²) in [5.74, 6) is 1.45. The van der Waals surface area contributed by atoms with E-state index in [1.807, 2.05) is 39.0 Å². The van der Waals surface area contributed by atoms with Crippen molar-refractivity contribution in [2.45, 2.75) is 27.2 Å². The summed E-state index contributed by atoms with van der Waals surface area (Å²) in [7, 11) is 0. The smallest absolute Gasteiger partial charge is 0.150 e. The van der Waals surface area contributed by atoms with E-state index in [4.69, 9.17) is 4.74 Å². The van der Waals surface area contributed by atoms with Crippen LogP contribution in [-0.4, -0.2) is 11.3 Å². The number of aryl methyl sites for hydroxylation is 3.